The van der Waals surface area contributed by atoms with Crippen LogP contribution in [0, 0.1) is 6.92 Å². The number of anilines is 1. The molecule has 84 valence electrons. The van der Waals surface area contributed by atoms with Gasteiger partial charge < -0.3 is 15.4 Å². The van der Waals surface area contributed by atoms with Gasteiger partial charge in [0.05, 0.1) is 12.7 Å². The minimum atomic E-state index is 0.0572. The summed E-state index contributed by atoms with van der Waals surface area (Å²) in [6.45, 7) is 6.28. The number of ether oxygens (including phenoxy) is 1. The number of morpholine rings is 1. The number of aryl methyl sites for hydroxylation is 1. The Bertz CT molecular complexity index is 328. The van der Waals surface area contributed by atoms with Crippen LogP contribution in [0.25, 0.3) is 0 Å². The van der Waals surface area contributed by atoms with Gasteiger partial charge in [0, 0.05) is 30.7 Å². The molecule has 0 saturated carbocycles. The molecule has 2 N–H and O–H groups in total. The van der Waals surface area contributed by atoms with Crippen LogP contribution in [0.3, 0.4) is 0 Å². The summed E-state index contributed by atoms with van der Waals surface area (Å²) in [4.78, 5) is 6.56. The summed E-state index contributed by atoms with van der Waals surface area (Å²) in [6, 6.07) is 0.0572. The fourth-order valence-electron chi connectivity index (χ4n) is 1.58. The van der Waals surface area contributed by atoms with Gasteiger partial charge in [-0.25, -0.2) is 4.98 Å². The zero-order valence-corrected chi connectivity index (χ0v) is 9.83. The summed E-state index contributed by atoms with van der Waals surface area (Å²) in [5, 5.41) is 0.974. The number of nitrogens with two attached hydrogens (primary N) is 1. The highest BCUT2D eigenvalue weighted by molar-refractivity contribution is 7.09. The van der Waals surface area contributed by atoms with Crippen molar-refractivity contribution in [2.45, 2.75) is 26.0 Å². The number of aromatic nitrogens is 2. The van der Waals surface area contributed by atoms with Crippen molar-refractivity contribution in [3.05, 3.63) is 5.82 Å². The Hall–Kier alpha value is -0.720. The van der Waals surface area contributed by atoms with E-state index in [1.54, 1.807) is 0 Å². The Morgan fingerprint density at radius 1 is 1.67 bits per heavy atom. The van der Waals surface area contributed by atoms with E-state index in [2.05, 4.69) is 14.3 Å². The molecule has 0 radical (unpaired) electrons. The SMILES string of the molecule is Cc1nsc(N2CCOC(C(C)N)C2)n1. The number of rotatable bonds is 2. The second-order valence-electron chi connectivity index (χ2n) is 3.84. The van der Waals surface area contributed by atoms with Gasteiger partial charge in [0.1, 0.15) is 5.82 Å². The molecule has 1 saturated heterocycles. The molecule has 0 spiro atoms. The first-order valence-electron chi connectivity index (χ1n) is 5.09. The molecule has 0 bridgehead atoms. The lowest BCUT2D eigenvalue weighted by molar-refractivity contribution is 0.0276. The van der Waals surface area contributed by atoms with Crippen LogP contribution in [0.15, 0.2) is 0 Å². The van der Waals surface area contributed by atoms with Gasteiger partial charge in [-0.2, -0.15) is 4.37 Å². The van der Waals surface area contributed by atoms with E-state index >= 15 is 0 Å². The summed E-state index contributed by atoms with van der Waals surface area (Å²) in [5.74, 6) is 0.832. The maximum Gasteiger partial charge on any atom is 0.205 e. The second-order valence-corrected chi connectivity index (χ2v) is 4.57. The Morgan fingerprint density at radius 3 is 3.07 bits per heavy atom. The van der Waals surface area contributed by atoms with Crippen molar-refractivity contribution in [1.29, 1.82) is 0 Å². The van der Waals surface area contributed by atoms with E-state index < -0.39 is 0 Å². The fourth-order valence-corrected chi connectivity index (χ4v) is 2.29. The number of nitrogens with zero attached hydrogens (tertiary/aromatic N) is 3. The van der Waals surface area contributed by atoms with Crippen LogP contribution < -0.4 is 10.6 Å². The van der Waals surface area contributed by atoms with Crippen LogP contribution in [0.4, 0.5) is 5.13 Å². The zero-order valence-electron chi connectivity index (χ0n) is 9.01. The Labute approximate surface area is 93.4 Å². The van der Waals surface area contributed by atoms with Crippen molar-refractivity contribution in [2.75, 3.05) is 24.6 Å². The molecular weight excluding hydrogens is 212 g/mol. The molecule has 2 unspecified atom stereocenters. The lowest BCUT2D eigenvalue weighted by Gasteiger charge is -2.34. The van der Waals surface area contributed by atoms with E-state index in [0.717, 1.165) is 24.0 Å². The average molecular weight is 228 g/mol. The molecule has 0 aromatic carbocycles. The quantitative estimate of drug-likeness (QED) is 0.793. The molecule has 5 nitrogen and oxygen atoms in total. The lowest BCUT2D eigenvalue weighted by atomic mass is 10.1. The predicted octanol–water partition coefficient (Wildman–Crippen LogP) is 0.399. The Kier molecular flexibility index (Phi) is 3.18. The van der Waals surface area contributed by atoms with E-state index in [1.165, 1.54) is 11.5 Å². The van der Waals surface area contributed by atoms with Crippen molar-refractivity contribution in [3.63, 3.8) is 0 Å². The first kappa shape index (κ1) is 10.8. The highest BCUT2D eigenvalue weighted by Gasteiger charge is 2.25. The first-order chi connectivity index (χ1) is 7.16. The smallest absolute Gasteiger partial charge is 0.205 e. The molecule has 15 heavy (non-hydrogen) atoms. The second kappa shape index (κ2) is 4.42. The fraction of sp³-hybridized carbons (Fsp3) is 0.778. The van der Waals surface area contributed by atoms with Gasteiger partial charge in [0.15, 0.2) is 0 Å². The maximum absolute atomic E-state index is 5.83. The topological polar surface area (TPSA) is 64.3 Å². The van der Waals surface area contributed by atoms with Gasteiger partial charge in [0.2, 0.25) is 5.13 Å². The number of hydrogen-bond acceptors (Lipinski definition) is 6. The third-order valence-electron chi connectivity index (χ3n) is 2.47. The van der Waals surface area contributed by atoms with Crippen LogP contribution in [-0.4, -0.2) is 41.2 Å². The van der Waals surface area contributed by atoms with Gasteiger partial charge in [0.25, 0.3) is 0 Å². The van der Waals surface area contributed by atoms with Crippen LogP contribution in [0.1, 0.15) is 12.7 Å². The highest BCUT2D eigenvalue weighted by Crippen LogP contribution is 2.20. The molecule has 2 heterocycles. The molecule has 0 amide bonds. The van der Waals surface area contributed by atoms with E-state index in [-0.39, 0.29) is 12.1 Å². The van der Waals surface area contributed by atoms with Crippen LogP contribution in [0.2, 0.25) is 0 Å². The predicted molar refractivity (Wildman–Crippen MR) is 60.2 cm³/mol. The minimum Gasteiger partial charge on any atom is -0.373 e. The summed E-state index contributed by atoms with van der Waals surface area (Å²) >= 11 is 1.44. The van der Waals surface area contributed by atoms with Crippen molar-refractivity contribution in [1.82, 2.24) is 9.36 Å². The molecule has 1 aromatic rings. The Morgan fingerprint density at radius 2 is 2.47 bits per heavy atom. The summed E-state index contributed by atoms with van der Waals surface area (Å²) in [5.41, 5.74) is 5.83. The normalized spacial score (nSPS) is 24.2. The monoisotopic (exact) mass is 228 g/mol. The Balaban J connectivity index is 2.04. The van der Waals surface area contributed by atoms with E-state index in [1.807, 2.05) is 13.8 Å². The van der Waals surface area contributed by atoms with E-state index in [0.29, 0.717) is 6.61 Å². The third kappa shape index (κ3) is 2.45. The summed E-state index contributed by atoms with van der Waals surface area (Å²) in [6.07, 6.45) is 0.1000. The zero-order chi connectivity index (χ0) is 10.8. The summed E-state index contributed by atoms with van der Waals surface area (Å²) in [7, 11) is 0. The largest absolute Gasteiger partial charge is 0.373 e. The van der Waals surface area contributed by atoms with Crippen molar-refractivity contribution >= 4 is 16.7 Å². The van der Waals surface area contributed by atoms with Crippen LogP contribution in [-0.2, 0) is 4.74 Å². The van der Waals surface area contributed by atoms with Gasteiger partial charge >= 0.3 is 0 Å². The van der Waals surface area contributed by atoms with Crippen LogP contribution in [0.5, 0.6) is 0 Å². The average Bonchev–Trinajstić information content (AvgIpc) is 2.65. The van der Waals surface area contributed by atoms with Gasteiger partial charge in [-0.05, 0) is 13.8 Å². The molecule has 1 aliphatic heterocycles. The molecule has 1 aromatic heterocycles. The maximum atomic E-state index is 5.83. The van der Waals surface area contributed by atoms with Gasteiger partial charge in [-0.1, -0.05) is 0 Å². The molecule has 2 atom stereocenters. The molecule has 2 rings (SSSR count). The van der Waals surface area contributed by atoms with E-state index in [4.69, 9.17) is 10.5 Å². The van der Waals surface area contributed by atoms with Crippen molar-refractivity contribution < 1.29 is 4.74 Å². The standard InChI is InChI=1S/C9H16N4OS/c1-6(10)8-5-13(3-4-14-8)9-11-7(2)12-15-9/h6,8H,3-5,10H2,1-2H3. The molecule has 1 fully saturated rings. The van der Waals surface area contributed by atoms with Gasteiger partial charge in [-0.3, -0.25) is 0 Å². The lowest BCUT2D eigenvalue weighted by Crippen LogP contribution is -2.49. The molecule has 6 heteroatoms. The number of hydrogen-bond donors (Lipinski definition) is 1. The molecular formula is C9H16N4OS. The van der Waals surface area contributed by atoms with Crippen molar-refractivity contribution in [3.8, 4) is 0 Å². The molecule has 0 aliphatic carbocycles. The third-order valence-corrected chi connectivity index (χ3v) is 3.34. The highest BCUT2D eigenvalue weighted by atomic mass is 32.1. The minimum absolute atomic E-state index is 0.0572. The van der Waals surface area contributed by atoms with Crippen LogP contribution >= 0.6 is 11.5 Å². The van der Waals surface area contributed by atoms with Gasteiger partial charge in [-0.15, -0.1) is 0 Å². The first-order valence-corrected chi connectivity index (χ1v) is 5.86. The summed E-state index contributed by atoms with van der Waals surface area (Å²) < 4.78 is 9.77. The molecule has 1 aliphatic rings. The van der Waals surface area contributed by atoms with E-state index in [9.17, 15) is 0 Å². The van der Waals surface area contributed by atoms with Crippen molar-refractivity contribution in [2.24, 2.45) is 5.73 Å².